The molecule has 0 amide bonds. The average molecular weight is 405 g/mol. The van der Waals surface area contributed by atoms with Crippen LogP contribution < -0.4 is 9.80 Å². The highest BCUT2D eigenvalue weighted by Gasteiger charge is 2.59. The number of hydrogen-bond acceptors (Lipinski definition) is 4. The number of rotatable bonds is 5. The number of carbonyl (C=O) groups is 1. The molecule has 2 aromatic rings. The van der Waals surface area contributed by atoms with E-state index >= 15 is 0 Å². The van der Waals surface area contributed by atoms with Crippen LogP contribution in [0.2, 0.25) is 0 Å². The minimum Gasteiger partial charge on any atom is -0.478 e. The fourth-order valence-electron chi connectivity index (χ4n) is 4.67. The van der Waals surface area contributed by atoms with Crippen LogP contribution in [0.3, 0.4) is 0 Å². The average Bonchev–Trinajstić information content (AvgIpc) is 3.23. The van der Waals surface area contributed by atoms with Gasteiger partial charge in [-0.25, -0.2) is 4.79 Å². The van der Waals surface area contributed by atoms with E-state index in [0.717, 1.165) is 34.6 Å². The number of fused-ring (bicyclic) bond motifs is 3. The lowest BCUT2D eigenvalue weighted by Crippen LogP contribution is -2.51. The Labute approximate surface area is 177 Å². The lowest BCUT2D eigenvalue weighted by Gasteiger charge is -2.40. The summed E-state index contributed by atoms with van der Waals surface area (Å²) in [6, 6.07) is 13.7. The van der Waals surface area contributed by atoms with Crippen LogP contribution >= 0.6 is 0 Å². The van der Waals surface area contributed by atoms with Gasteiger partial charge in [0.05, 0.1) is 12.2 Å². The molecule has 2 aliphatic heterocycles. The van der Waals surface area contributed by atoms with Crippen molar-refractivity contribution in [1.82, 2.24) is 0 Å². The van der Waals surface area contributed by atoms with Crippen molar-refractivity contribution < 1.29 is 14.6 Å². The number of carboxylic acids is 1. The Balaban J connectivity index is 1.83. The number of nitrogens with zero attached hydrogens (tertiary/aromatic N) is 2. The van der Waals surface area contributed by atoms with Gasteiger partial charge in [0.15, 0.2) is 5.72 Å². The number of benzene rings is 2. The predicted octanol–water partition coefficient (Wildman–Crippen LogP) is 4.54. The third-order valence-electron chi connectivity index (χ3n) is 6.43. The maximum atomic E-state index is 11.5. The summed E-state index contributed by atoms with van der Waals surface area (Å²) in [5, 5.41) is 9.47. The molecule has 0 aromatic heterocycles. The smallest absolute Gasteiger partial charge is 0.335 e. The van der Waals surface area contributed by atoms with Crippen molar-refractivity contribution in [3.05, 3.63) is 77.9 Å². The van der Waals surface area contributed by atoms with Gasteiger partial charge in [-0.3, -0.25) is 0 Å². The number of ether oxygens (including phenoxy) is 1. The Hall–Kier alpha value is -3.05. The van der Waals surface area contributed by atoms with Crippen LogP contribution in [-0.4, -0.2) is 44.0 Å². The van der Waals surface area contributed by atoms with Crippen molar-refractivity contribution in [2.45, 2.75) is 25.0 Å². The quantitative estimate of drug-likeness (QED) is 0.742. The molecule has 1 atom stereocenters. The van der Waals surface area contributed by atoms with E-state index in [1.807, 2.05) is 26.2 Å². The normalized spacial score (nSPS) is 21.9. The highest BCUT2D eigenvalue weighted by atomic mass is 16.5. The van der Waals surface area contributed by atoms with E-state index in [-0.39, 0.29) is 0 Å². The van der Waals surface area contributed by atoms with Crippen molar-refractivity contribution in [1.29, 1.82) is 0 Å². The van der Waals surface area contributed by atoms with Crippen LogP contribution in [0, 0.1) is 0 Å². The molecule has 2 aliphatic rings. The Bertz CT molecular complexity index is 1040. The Morgan fingerprint density at radius 2 is 1.83 bits per heavy atom. The first-order chi connectivity index (χ1) is 14.2. The number of allylic oxidation sites excluding steroid dienone is 2. The van der Waals surface area contributed by atoms with Crippen LogP contribution in [0.5, 0.6) is 0 Å². The molecule has 0 spiro atoms. The lowest BCUT2D eigenvalue weighted by atomic mass is 9.76. The first-order valence-corrected chi connectivity index (χ1v) is 10.1. The minimum absolute atomic E-state index is 0.297. The van der Waals surface area contributed by atoms with Gasteiger partial charge >= 0.3 is 5.97 Å². The van der Waals surface area contributed by atoms with Gasteiger partial charge in [-0.1, -0.05) is 38.6 Å². The second-order valence-electron chi connectivity index (χ2n) is 8.60. The monoisotopic (exact) mass is 404 g/mol. The van der Waals surface area contributed by atoms with Gasteiger partial charge in [-0.05, 0) is 53.1 Å². The second-order valence-corrected chi connectivity index (χ2v) is 8.60. The van der Waals surface area contributed by atoms with Crippen LogP contribution in [0.25, 0.3) is 5.57 Å². The topological polar surface area (TPSA) is 53.0 Å². The van der Waals surface area contributed by atoms with Gasteiger partial charge in [-0.15, -0.1) is 0 Å². The van der Waals surface area contributed by atoms with E-state index < -0.39 is 17.1 Å². The summed E-state index contributed by atoms with van der Waals surface area (Å²) < 4.78 is 6.42. The molecule has 1 unspecified atom stereocenters. The number of hydrogen-bond donors (Lipinski definition) is 1. The molecule has 2 aromatic carbocycles. The van der Waals surface area contributed by atoms with Gasteiger partial charge in [0.1, 0.15) is 0 Å². The SMILES string of the molecule is C=CC(=CC12OCCN1c1ccc(C(=O)O)cc1C2(C)C)c1ccc(N(C)C)cc1. The Kier molecular flexibility index (Phi) is 4.74. The molecule has 0 radical (unpaired) electrons. The van der Waals surface area contributed by atoms with Crippen LogP contribution in [-0.2, 0) is 10.2 Å². The first kappa shape index (κ1) is 20.2. The summed E-state index contributed by atoms with van der Waals surface area (Å²) in [4.78, 5) is 15.9. The molecule has 2 heterocycles. The zero-order valence-electron chi connectivity index (χ0n) is 18.0. The largest absolute Gasteiger partial charge is 0.478 e. The molecule has 156 valence electrons. The second kappa shape index (κ2) is 7.03. The molecule has 1 fully saturated rings. The van der Waals surface area contributed by atoms with Gasteiger partial charge in [0.2, 0.25) is 0 Å². The van der Waals surface area contributed by atoms with Crippen molar-refractivity contribution in [2.75, 3.05) is 37.0 Å². The maximum Gasteiger partial charge on any atom is 0.335 e. The summed E-state index contributed by atoms with van der Waals surface area (Å²) in [7, 11) is 4.04. The van der Waals surface area contributed by atoms with Crippen molar-refractivity contribution in [2.24, 2.45) is 0 Å². The molecule has 1 N–H and O–H groups in total. The zero-order chi connectivity index (χ0) is 21.7. The molecule has 0 bridgehead atoms. The van der Waals surface area contributed by atoms with Crippen LogP contribution in [0.1, 0.15) is 35.3 Å². The van der Waals surface area contributed by atoms with E-state index in [4.69, 9.17) is 4.74 Å². The van der Waals surface area contributed by atoms with E-state index in [9.17, 15) is 9.90 Å². The van der Waals surface area contributed by atoms with E-state index in [2.05, 4.69) is 60.6 Å². The molecular weight excluding hydrogens is 376 g/mol. The van der Waals surface area contributed by atoms with Crippen LogP contribution in [0.4, 0.5) is 11.4 Å². The molecule has 0 saturated carbocycles. The van der Waals surface area contributed by atoms with Gasteiger partial charge in [0.25, 0.3) is 0 Å². The maximum absolute atomic E-state index is 11.5. The summed E-state index contributed by atoms with van der Waals surface area (Å²) in [5.74, 6) is -0.918. The standard InChI is InChI=1S/C25H28N2O3/c1-6-17(18-7-10-20(11-8-18)26(4)5)16-25-24(2,3)21-15-19(23(28)29)9-12-22(21)27(25)13-14-30-25/h6-12,15-16H,1,13-14H2,2-5H3,(H,28,29). The Morgan fingerprint density at radius 1 is 1.17 bits per heavy atom. The molecule has 1 saturated heterocycles. The molecule has 30 heavy (non-hydrogen) atoms. The van der Waals surface area contributed by atoms with Gasteiger partial charge in [-0.2, -0.15) is 0 Å². The molecule has 4 rings (SSSR count). The fourth-order valence-corrected chi connectivity index (χ4v) is 4.67. The minimum atomic E-state index is -0.918. The van der Waals surface area contributed by atoms with Gasteiger partial charge in [0, 0.05) is 37.4 Å². The highest BCUT2D eigenvalue weighted by Crippen LogP contribution is 2.55. The van der Waals surface area contributed by atoms with E-state index in [1.54, 1.807) is 12.1 Å². The van der Waals surface area contributed by atoms with Crippen LogP contribution in [0.15, 0.2) is 61.2 Å². The molecule has 0 aliphatic carbocycles. The van der Waals surface area contributed by atoms with Crippen molar-refractivity contribution >= 4 is 22.9 Å². The summed E-state index contributed by atoms with van der Waals surface area (Å²) in [6.45, 7) is 9.66. The van der Waals surface area contributed by atoms with Gasteiger partial charge < -0.3 is 19.6 Å². The first-order valence-electron chi connectivity index (χ1n) is 10.1. The molecule has 5 nitrogen and oxygen atoms in total. The lowest BCUT2D eigenvalue weighted by molar-refractivity contribution is 0.0000990. The third-order valence-corrected chi connectivity index (χ3v) is 6.43. The summed E-state index contributed by atoms with van der Waals surface area (Å²) in [6.07, 6.45) is 4.01. The zero-order valence-corrected chi connectivity index (χ0v) is 18.0. The molecule has 5 heteroatoms. The summed E-state index contributed by atoms with van der Waals surface area (Å²) in [5.41, 5.74) is 4.37. The van der Waals surface area contributed by atoms with E-state index in [0.29, 0.717) is 12.2 Å². The summed E-state index contributed by atoms with van der Waals surface area (Å²) >= 11 is 0. The number of carboxylic acid groups (broad SMARTS) is 1. The highest BCUT2D eigenvalue weighted by molar-refractivity contribution is 5.90. The van der Waals surface area contributed by atoms with Crippen molar-refractivity contribution in [3.8, 4) is 0 Å². The predicted molar refractivity (Wildman–Crippen MR) is 121 cm³/mol. The number of aromatic carboxylic acids is 1. The van der Waals surface area contributed by atoms with Crippen molar-refractivity contribution in [3.63, 3.8) is 0 Å². The van der Waals surface area contributed by atoms with E-state index in [1.165, 1.54) is 0 Å². The fraction of sp³-hybridized carbons (Fsp3) is 0.320. The Morgan fingerprint density at radius 3 is 2.43 bits per heavy atom. The number of anilines is 2. The molecular formula is C25H28N2O3. The third kappa shape index (κ3) is 2.84.